The average Bonchev–Trinajstić information content (AvgIpc) is 2.78. The number of aryl methyl sites for hydroxylation is 2. The second kappa shape index (κ2) is 26.7. The summed E-state index contributed by atoms with van der Waals surface area (Å²) >= 11 is 0. The third-order valence-corrected chi connectivity index (χ3v) is 6.99. The second-order valence-electron chi connectivity index (χ2n) is 11.2. The summed E-state index contributed by atoms with van der Waals surface area (Å²) in [6.07, 6.45) is 12.1. The van der Waals surface area contributed by atoms with Gasteiger partial charge in [-0.2, -0.15) is 0 Å². The van der Waals surface area contributed by atoms with Crippen LogP contribution in [-0.2, 0) is 9.47 Å². The van der Waals surface area contributed by atoms with Crippen molar-refractivity contribution in [1.82, 2.24) is 0 Å². The van der Waals surface area contributed by atoms with Gasteiger partial charge in [0.15, 0.2) is 0 Å². The zero-order valence-electron chi connectivity index (χ0n) is 22.7. The highest BCUT2D eigenvalue weighted by Gasteiger charge is 2.14. The standard InChI is InChI=1S/C8H16.C8H10.2C7H14O.5CH4/c2*1-7-3-5-8(2)6-4-7;2*1-6-3-4-7(2)8-5-6;;;;;/h7-8H,3-6H2,1-2H3;3-6H,1-2H3;2*6-7H,3-5H2,1-2H3;5*1H4. The van der Waals surface area contributed by atoms with Crippen LogP contribution in [0.3, 0.4) is 0 Å². The fraction of sp³-hybridized carbons (Fsp3) is 0.829. The molecule has 226 valence electrons. The van der Waals surface area contributed by atoms with E-state index in [4.69, 9.17) is 9.47 Å². The monoisotopic (exact) mass is 527 g/mol. The number of hydrogen-bond donors (Lipinski definition) is 0. The summed E-state index contributed by atoms with van der Waals surface area (Å²) in [6, 6.07) is 8.48. The largest absolute Gasteiger partial charge is 0.378 e. The minimum atomic E-state index is 0. The van der Waals surface area contributed by atoms with Gasteiger partial charge in [-0.3, -0.25) is 0 Å². The quantitative estimate of drug-likeness (QED) is 0.334. The summed E-state index contributed by atoms with van der Waals surface area (Å²) in [6.45, 7) is 19.6. The van der Waals surface area contributed by atoms with Crippen molar-refractivity contribution in [3.05, 3.63) is 35.4 Å². The lowest BCUT2D eigenvalue weighted by Crippen LogP contribution is -2.21. The van der Waals surface area contributed by atoms with E-state index in [2.05, 4.69) is 79.7 Å². The summed E-state index contributed by atoms with van der Waals surface area (Å²) in [4.78, 5) is 0. The molecule has 0 aromatic heterocycles. The van der Waals surface area contributed by atoms with Crippen LogP contribution in [0.25, 0.3) is 0 Å². The van der Waals surface area contributed by atoms with Gasteiger partial charge in [0.2, 0.25) is 0 Å². The third-order valence-electron chi connectivity index (χ3n) is 6.99. The Hall–Kier alpha value is -0.860. The van der Waals surface area contributed by atoms with Crippen molar-refractivity contribution in [2.45, 2.75) is 156 Å². The topological polar surface area (TPSA) is 18.5 Å². The van der Waals surface area contributed by atoms with E-state index in [0.717, 1.165) is 36.9 Å². The van der Waals surface area contributed by atoms with Gasteiger partial charge in [-0.25, -0.2) is 0 Å². The molecule has 1 saturated carbocycles. The van der Waals surface area contributed by atoms with Crippen LogP contribution in [0.1, 0.15) is 141 Å². The van der Waals surface area contributed by atoms with Gasteiger partial charge in [0.05, 0.1) is 12.2 Å². The summed E-state index contributed by atoms with van der Waals surface area (Å²) in [5, 5.41) is 0. The molecule has 0 spiro atoms. The molecule has 4 rings (SSSR count). The minimum absolute atomic E-state index is 0. The van der Waals surface area contributed by atoms with Gasteiger partial charge in [-0.05, 0) is 77.0 Å². The summed E-state index contributed by atoms with van der Waals surface area (Å²) < 4.78 is 10.8. The smallest absolute Gasteiger partial charge is 0.0547 e. The van der Waals surface area contributed by atoms with Crippen LogP contribution in [0, 0.1) is 37.5 Å². The first-order chi connectivity index (χ1) is 15.2. The Morgan fingerprint density at radius 3 is 0.865 bits per heavy atom. The third kappa shape index (κ3) is 25.2. The van der Waals surface area contributed by atoms with Crippen LogP contribution in [0.15, 0.2) is 24.3 Å². The van der Waals surface area contributed by atoms with Gasteiger partial charge in [0, 0.05) is 13.2 Å². The lowest BCUT2D eigenvalue weighted by molar-refractivity contribution is 0.000174. The van der Waals surface area contributed by atoms with E-state index in [9.17, 15) is 0 Å². The van der Waals surface area contributed by atoms with E-state index in [1.165, 1.54) is 62.5 Å². The molecular weight excluding hydrogens is 452 g/mol. The first-order valence-electron chi connectivity index (χ1n) is 13.4. The zero-order chi connectivity index (χ0) is 23.9. The van der Waals surface area contributed by atoms with Gasteiger partial charge in [0.1, 0.15) is 0 Å². The molecule has 2 heteroatoms. The summed E-state index contributed by atoms with van der Waals surface area (Å²) in [7, 11) is 0. The molecule has 1 aliphatic carbocycles. The molecule has 2 aliphatic heterocycles. The van der Waals surface area contributed by atoms with Crippen LogP contribution in [-0.4, -0.2) is 25.4 Å². The number of hydrogen-bond acceptors (Lipinski definition) is 2. The van der Waals surface area contributed by atoms with E-state index in [1.807, 2.05) is 0 Å². The Kier molecular flexibility index (Phi) is 33.3. The predicted molar refractivity (Wildman–Crippen MR) is 174 cm³/mol. The number of ether oxygens (including phenoxy) is 2. The van der Waals surface area contributed by atoms with Crippen molar-refractivity contribution in [2.24, 2.45) is 23.7 Å². The molecule has 37 heavy (non-hydrogen) atoms. The maximum absolute atomic E-state index is 5.39. The maximum Gasteiger partial charge on any atom is 0.0547 e. The fourth-order valence-electron chi connectivity index (χ4n) is 4.09. The molecule has 1 aromatic carbocycles. The lowest BCUT2D eigenvalue weighted by Gasteiger charge is -2.23. The van der Waals surface area contributed by atoms with Crippen LogP contribution in [0.2, 0.25) is 0 Å². The average molecular weight is 527 g/mol. The Balaban J connectivity index is -0.000000118. The Morgan fingerprint density at radius 2 is 0.676 bits per heavy atom. The van der Waals surface area contributed by atoms with Gasteiger partial charge in [0.25, 0.3) is 0 Å². The highest BCUT2D eigenvalue weighted by atomic mass is 16.5. The summed E-state index contributed by atoms with van der Waals surface area (Å²) in [5.41, 5.74) is 2.66. The highest BCUT2D eigenvalue weighted by Crippen LogP contribution is 2.27. The maximum atomic E-state index is 5.39. The van der Waals surface area contributed by atoms with E-state index in [-0.39, 0.29) is 37.1 Å². The molecule has 0 radical (unpaired) electrons. The minimum Gasteiger partial charge on any atom is -0.378 e. The van der Waals surface area contributed by atoms with Crippen LogP contribution < -0.4 is 0 Å². The number of benzene rings is 1. The molecule has 2 nitrogen and oxygen atoms in total. The molecule has 4 unspecified atom stereocenters. The van der Waals surface area contributed by atoms with E-state index >= 15 is 0 Å². The SMILES string of the molecule is C.C.C.C.C.CC1CCC(C)CC1.CC1CCC(C)OC1.CC1CCC(C)OC1.Cc1ccc(C)cc1. The predicted octanol–water partition coefficient (Wildman–Crippen LogP) is 12.0. The second-order valence-corrected chi connectivity index (χ2v) is 11.2. The van der Waals surface area contributed by atoms with Gasteiger partial charge < -0.3 is 9.47 Å². The van der Waals surface area contributed by atoms with Crippen molar-refractivity contribution < 1.29 is 9.47 Å². The van der Waals surface area contributed by atoms with Crippen LogP contribution >= 0.6 is 0 Å². The molecule has 2 heterocycles. The molecular formula is C35H74O2. The molecule has 0 N–H and O–H groups in total. The van der Waals surface area contributed by atoms with Gasteiger partial charge >= 0.3 is 0 Å². The molecule has 3 aliphatic rings. The van der Waals surface area contributed by atoms with Crippen LogP contribution in [0.4, 0.5) is 0 Å². The van der Waals surface area contributed by atoms with Crippen molar-refractivity contribution in [3.63, 3.8) is 0 Å². The Morgan fingerprint density at radius 1 is 0.432 bits per heavy atom. The fourth-order valence-corrected chi connectivity index (χ4v) is 4.09. The normalized spacial score (nSPS) is 27.8. The summed E-state index contributed by atoms with van der Waals surface area (Å²) in [5.74, 6) is 3.63. The van der Waals surface area contributed by atoms with Crippen molar-refractivity contribution in [2.75, 3.05) is 13.2 Å². The van der Waals surface area contributed by atoms with E-state index < -0.39 is 0 Å². The lowest BCUT2D eigenvalue weighted by atomic mass is 9.84. The van der Waals surface area contributed by atoms with Gasteiger partial charge in [-0.1, -0.05) is 126 Å². The number of rotatable bonds is 0. The van der Waals surface area contributed by atoms with Crippen molar-refractivity contribution >= 4 is 0 Å². The van der Waals surface area contributed by atoms with E-state index in [1.54, 1.807) is 0 Å². The molecule has 4 atom stereocenters. The zero-order valence-corrected chi connectivity index (χ0v) is 22.7. The molecule has 1 aromatic rings. The molecule has 0 bridgehead atoms. The first-order valence-corrected chi connectivity index (χ1v) is 13.4. The van der Waals surface area contributed by atoms with Crippen molar-refractivity contribution in [3.8, 4) is 0 Å². The molecule has 2 saturated heterocycles. The Labute approximate surface area is 237 Å². The first kappa shape index (κ1) is 46.0. The van der Waals surface area contributed by atoms with Crippen LogP contribution in [0.5, 0.6) is 0 Å². The van der Waals surface area contributed by atoms with E-state index in [0.29, 0.717) is 12.2 Å². The van der Waals surface area contributed by atoms with Crippen molar-refractivity contribution in [1.29, 1.82) is 0 Å². The highest BCUT2D eigenvalue weighted by molar-refractivity contribution is 5.19. The molecule has 0 amide bonds. The van der Waals surface area contributed by atoms with Gasteiger partial charge in [-0.15, -0.1) is 0 Å². The molecule has 3 fully saturated rings. The Bertz CT molecular complexity index is 445.